The van der Waals surface area contributed by atoms with E-state index < -0.39 is 59.7 Å². The van der Waals surface area contributed by atoms with Gasteiger partial charge in [-0.05, 0) is 51.5 Å². The molecular weight excluding hydrogens is 497 g/mol. The predicted molar refractivity (Wildman–Crippen MR) is 124 cm³/mol. The van der Waals surface area contributed by atoms with Gasteiger partial charge in [-0.15, -0.1) is 13.2 Å². The number of ether oxygens (including phenoxy) is 1. The lowest BCUT2D eigenvalue weighted by Gasteiger charge is -2.29. The first-order chi connectivity index (χ1) is 17.2. The maximum Gasteiger partial charge on any atom is 0.522 e. The summed E-state index contributed by atoms with van der Waals surface area (Å²) in [5.41, 5.74) is -1.20. The van der Waals surface area contributed by atoms with E-state index in [4.69, 9.17) is 0 Å². The molecule has 1 aromatic heterocycles. The van der Waals surface area contributed by atoms with Crippen LogP contribution in [0.3, 0.4) is 0 Å². The minimum atomic E-state index is -5.07. The molecule has 2 heterocycles. The first-order valence-corrected chi connectivity index (χ1v) is 12.0. The molecule has 10 nitrogen and oxygen atoms in total. The highest BCUT2D eigenvalue weighted by Crippen LogP contribution is 2.42. The average molecular weight is 529 g/mol. The maximum absolute atomic E-state index is 13.5. The van der Waals surface area contributed by atoms with Crippen LogP contribution < -0.4 is 16.2 Å². The Labute approximate surface area is 211 Å². The zero-order chi connectivity index (χ0) is 27.5. The molecule has 3 N–H and O–H groups in total. The number of pyridine rings is 1. The summed E-state index contributed by atoms with van der Waals surface area (Å²) < 4.78 is 41.3. The van der Waals surface area contributed by atoms with Gasteiger partial charge in [-0.2, -0.15) is 0 Å². The SMILES string of the molecule is CC(C)(C)NC(=O)C(=O)N1C[C@@H]2CCC[C@@H]2[C@H]1C(=O)N[C@@H](Cc1ccc[nH]c1=O)C(=O)COC(F)(F)F. The van der Waals surface area contributed by atoms with E-state index in [-0.39, 0.29) is 30.4 Å². The van der Waals surface area contributed by atoms with Crippen LogP contribution in [0.2, 0.25) is 0 Å². The van der Waals surface area contributed by atoms with Crippen molar-refractivity contribution in [1.29, 1.82) is 0 Å². The lowest BCUT2D eigenvalue weighted by atomic mass is 9.93. The first-order valence-electron chi connectivity index (χ1n) is 12.0. The van der Waals surface area contributed by atoms with Gasteiger partial charge in [0.1, 0.15) is 12.6 Å². The molecule has 13 heteroatoms. The molecule has 0 aromatic carbocycles. The number of H-pyrrole nitrogens is 1. The Bertz CT molecular complexity index is 1100. The molecule has 1 aliphatic carbocycles. The van der Waals surface area contributed by atoms with Crippen LogP contribution >= 0.6 is 0 Å². The summed E-state index contributed by atoms with van der Waals surface area (Å²) in [7, 11) is 0. The molecule has 2 aliphatic rings. The molecule has 4 atom stereocenters. The second-order valence-corrected chi connectivity index (χ2v) is 10.5. The molecular formula is C24H31F3N4O6. The third-order valence-electron chi connectivity index (χ3n) is 6.51. The van der Waals surface area contributed by atoms with Crippen molar-refractivity contribution in [2.75, 3.05) is 13.2 Å². The second-order valence-electron chi connectivity index (χ2n) is 10.5. The average Bonchev–Trinajstić information content (AvgIpc) is 3.37. The fourth-order valence-electron chi connectivity index (χ4n) is 4.97. The number of amides is 3. The number of halogens is 3. The van der Waals surface area contributed by atoms with Crippen LogP contribution in [0.1, 0.15) is 45.6 Å². The number of carbonyl (C=O) groups excluding carboxylic acids is 4. The molecule has 1 aromatic rings. The van der Waals surface area contributed by atoms with Crippen molar-refractivity contribution in [3.8, 4) is 0 Å². The number of alkyl halides is 3. The van der Waals surface area contributed by atoms with Gasteiger partial charge in [0.2, 0.25) is 5.91 Å². The van der Waals surface area contributed by atoms with Gasteiger partial charge in [-0.3, -0.25) is 28.7 Å². The Morgan fingerprint density at radius 3 is 2.51 bits per heavy atom. The molecule has 3 rings (SSSR count). The summed E-state index contributed by atoms with van der Waals surface area (Å²) in [5, 5.41) is 5.01. The Morgan fingerprint density at radius 1 is 1.19 bits per heavy atom. The number of nitrogens with zero attached hydrogens (tertiary/aromatic N) is 1. The van der Waals surface area contributed by atoms with Gasteiger partial charge in [0.25, 0.3) is 5.56 Å². The van der Waals surface area contributed by atoms with Gasteiger partial charge in [-0.1, -0.05) is 12.5 Å². The second kappa shape index (κ2) is 11.0. The normalized spacial score (nSPS) is 22.3. The number of nitrogens with one attached hydrogen (secondary N) is 3. The number of hydrogen-bond acceptors (Lipinski definition) is 6. The Hall–Kier alpha value is -3.22. The fraction of sp³-hybridized carbons (Fsp3) is 0.625. The quantitative estimate of drug-likeness (QED) is 0.453. The smallest absolute Gasteiger partial charge is 0.344 e. The number of aromatic amines is 1. The standard InChI is InChI=1S/C24H31F3N4O6/c1-23(2,3)30-21(35)22(36)31-11-14-6-4-8-15(14)18(31)20(34)29-16(17(32)12-37-24(25,26)27)10-13-7-5-9-28-19(13)33/h5,7,9,14-16,18H,4,6,8,10-12H2,1-3H3,(H,28,33)(H,29,34)(H,30,35)/t14-,15-,16-,18-/m0/s1. The number of hydrogen-bond donors (Lipinski definition) is 3. The molecule has 1 aliphatic heterocycles. The van der Waals surface area contributed by atoms with Gasteiger partial charge < -0.3 is 20.5 Å². The summed E-state index contributed by atoms with van der Waals surface area (Å²) in [5.74, 6) is -3.95. The lowest BCUT2D eigenvalue weighted by molar-refractivity contribution is -0.321. The van der Waals surface area contributed by atoms with Gasteiger partial charge >= 0.3 is 18.2 Å². The first kappa shape index (κ1) is 28.4. The highest BCUT2D eigenvalue weighted by atomic mass is 19.4. The largest absolute Gasteiger partial charge is 0.522 e. The van der Waals surface area contributed by atoms with Crippen molar-refractivity contribution < 1.29 is 37.1 Å². The van der Waals surface area contributed by atoms with Crippen LogP contribution in [0.4, 0.5) is 13.2 Å². The number of Topliss-reactive ketones (excluding diaryl/α,β-unsaturated/α-hetero) is 1. The van der Waals surface area contributed by atoms with Crippen molar-refractivity contribution in [2.45, 2.75) is 70.4 Å². The van der Waals surface area contributed by atoms with Crippen molar-refractivity contribution >= 4 is 23.5 Å². The molecule has 204 valence electrons. The molecule has 2 fully saturated rings. The summed E-state index contributed by atoms with van der Waals surface area (Å²) >= 11 is 0. The number of ketones is 1. The van der Waals surface area contributed by atoms with Crippen LogP contribution in [0.25, 0.3) is 0 Å². The van der Waals surface area contributed by atoms with Crippen LogP contribution in [0.5, 0.6) is 0 Å². The van der Waals surface area contributed by atoms with E-state index in [1.165, 1.54) is 23.2 Å². The fourth-order valence-corrected chi connectivity index (χ4v) is 4.97. The van der Waals surface area contributed by atoms with E-state index in [0.29, 0.717) is 6.42 Å². The third-order valence-corrected chi connectivity index (χ3v) is 6.51. The zero-order valence-corrected chi connectivity index (χ0v) is 20.8. The predicted octanol–water partition coefficient (Wildman–Crippen LogP) is 1.05. The van der Waals surface area contributed by atoms with E-state index in [9.17, 15) is 37.1 Å². The number of fused-ring (bicyclic) bond motifs is 1. The van der Waals surface area contributed by atoms with E-state index in [2.05, 4.69) is 20.4 Å². The molecule has 0 unspecified atom stereocenters. The van der Waals surface area contributed by atoms with Crippen LogP contribution in [0, 0.1) is 11.8 Å². The van der Waals surface area contributed by atoms with E-state index in [1.807, 2.05) is 0 Å². The van der Waals surface area contributed by atoms with Gasteiger partial charge in [0, 0.05) is 30.3 Å². The Balaban J connectivity index is 1.84. The monoisotopic (exact) mass is 528 g/mol. The minimum absolute atomic E-state index is 0.0261. The molecule has 0 radical (unpaired) electrons. The Morgan fingerprint density at radius 2 is 1.89 bits per heavy atom. The van der Waals surface area contributed by atoms with E-state index in [1.54, 1.807) is 20.8 Å². The minimum Gasteiger partial charge on any atom is -0.344 e. The Kier molecular flexibility index (Phi) is 8.45. The number of rotatable bonds is 7. The summed E-state index contributed by atoms with van der Waals surface area (Å²) in [4.78, 5) is 67.4. The van der Waals surface area contributed by atoms with Crippen LogP contribution in [-0.2, 0) is 30.3 Å². The third kappa shape index (κ3) is 7.40. The molecule has 1 saturated carbocycles. The topological polar surface area (TPSA) is 138 Å². The summed E-state index contributed by atoms with van der Waals surface area (Å²) in [6.07, 6.45) is -1.93. The highest BCUT2D eigenvalue weighted by Gasteiger charge is 2.51. The van der Waals surface area contributed by atoms with Gasteiger partial charge in [-0.25, -0.2) is 0 Å². The molecule has 0 spiro atoms. The summed E-state index contributed by atoms with van der Waals surface area (Å²) in [6.45, 7) is 3.91. The molecule has 37 heavy (non-hydrogen) atoms. The number of carbonyl (C=O) groups is 4. The van der Waals surface area contributed by atoms with E-state index in [0.717, 1.165) is 12.8 Å². The number of aromatic nitrogens is 1. The highest BCUT2D eigenvalue weighted by molar-refractivity contribution is 6.35. The molecule has 0 bridgehead atoms. The zero-order valence-electron chi connectivity index (χ0n) is 20.8. The lowest BCUT2D eigenvalue weighted by Crippen LogP contribution is -2.57. The molecule has 1 saturated heterocycles. The maximum atomic E-state index is 13.5. The number of likely N-dealkylation sites (tertiary alicyclic amines) is 1. The molecule has 3 amide bonds. The van der Waals surface area contributed by atoms with E-state index >= 15 is 0 Å². The van der Waals surface area contributed by atoms with Crippen molar-refractivity contribution in [2.24, 2.45) is 11.8 Å². The van der Waals surface area contributed by atoms with Crippen molar-refractivity contribution in [3.05, 3.63) is 34.2 Å². The van der Waals surface area contributed by atoms with Gasteiger partial charge in [0.15, 0.2) is 5.78 Å². The summed E-state index contributed by atoms with van der Waals surface area (Å²) in [6, 6.07) is 0.240. The van der Waals surface area contributed by atoms with Crippen LogP contribution in [0.15, 0.2) is 23.1 Å². The van der Waals surface area contributed by atoms with Crippen molar-refractivity contribution in [3.63, 3.8) is 0 Å². The van der Waals surface area contributed by atoms with Crippen molar-refractivity contribution in [1.82, 2.24) is 20.5 Å². The van der Waals surface area contributed by atoms with Crippen LogP contribution in [-0.4, -0.2) is 70.5 Å². The van der Waals surface area contributed by atoms with Gasteiger partial charge in [0.05, 0.1) is 6.04 Å².